The summed E-state index contributed by atoms with van der Waals surface area (Å²) >= 11 is 8.77. The first-order chi connectivity index (χ1) is 8.58. The van der Waals surface area contributed by atoms with Gasteiger partial charge in [0, 0.05) is 10.5 Å². The van der Waals surface area contributed by atoms with E-state index in [0.29, 0.717) is 4.47 Å². The third-order valence-electron chi connectivity index (χ3n) is 2.07. The molecule has 4 nitrogen and oxygen atoms in total. The second-order valence-corrected chi connectivity index (χ2v) is 4.52. The van der Waals surface area contributed by atoms with Crippen LogP contribution in [0.4, 0.5) is 10.2 Å². The molecule has 1 aromatic heterocycles. The smallest absolute Gasteiger partial charge is 0.260 e. The van der Waals surface area contributed by atoms with Crippen molar-refractivity contribution in [3.05, 3.63) is 51.6 Å². The fourth-order valence-corrected chi connectivity index (χ4v) is 1.96. The molecule has 92 valence electrons. The summed E-state index contributed by atoms with van der Waals surface area (Å²) < 4.78 is 13.9. The van der Waals surface area contributed by atoms with Crippen LogP contribution in [0.3, 0.4) is 0 Å². The van der Waals surface area contributed by atoms with E-state index >= 15 is 0 Å². The van der Waals surface area contributed by atoms with E-state index < -0.39 is 11.7 Å². The molecule has 0 aliphatic heterocycles. The zero-order valence-corrected chi connectivity index (χ0v) is 11.2. The van der Waals surface area contributed by atoms with Crippen molar-refractivity contribution < 1.29 is 9.18 Å². The van der Waals surface area contributed by atoms with Gasteiger partial charge in [-0.2, -0.15) is 0 Å². The molecule has 1 aromatic carbocycles. The third kappa shape index (κ3) is 2.83. The van der Waals surface area contributed by atoms with Gasteiger partial charge in [-0.1, -0.05) is 17.7 Å². The highest BCUT2D eigenvalue weighted by atomic mass is 79.9. The zero-order chi connectivity index (χ0) is 13.1. The molecular weight excluding hydrogens is 324 g/mol. The molecule has 0 unspecified atom stereocenters. The Kier molecular flexibility index (Phi) is 3.88. The van der Waals surface area contributed by atoms with Gasteiger partial charge in [0.1, 0.15) is 23.1 Å². The number of amides is 1. The van der Waals surface area contributed by atoms with E-state index in [0.717, 1.165) is 0 Å². The summed E-state index contributed by atoms with van der Waals surface area (Å²) in [6.45, 7) is 0. The molecular formula is C11H6BrClFN3O. The van der Waals surface area contributed by atoms with E-state index in [9.17, 15) is 9.18 Å². The summed E-state index contributed by atoms with van der Waals surface area (Å²) in [6, 6.07) is 5.64. The van der Waals surface area contributed by atoms with Crippen molar-refractivity contribution in [3.8, 4) is 0 Å². The Morgan fingerprint density at radius 2 is 2.17 bits per heavy atom. The maximum absolute atomic E-state index is 13.5. The predicted molar refractivity (Wildman–Crippen MR) is 69.1 cm³/mol. The zero-order valence-electron chi connectivity index (χ0n) is 8.82. The Morgan fingerprint density at radius 1 is 1.39 bits per heavy atom. The van der Waals surface area contributed by atoms with E-state index in [4.69, 9.17) is 11.6 Å². The first kappa shape index (κ1) is 12.9. The lowest BCUT2D eigenvalue weighted by atomic mass is 10.2. The Hall–Kier alpha value is -1.53. The number of carbonyl (C=O) groups excluding carboxylic acids is 1. The largest absolute Gasteiger partial charge is 0.306 e. The van der Waals surface area contributed by atoms with Gasteiger partial charge >= 0.3 is 0 Å². The molecule has 0 spiro atoms. The lowest BCUT2D eigenvalue weighted by Gasteiger charge is -2.06. The van der Waals surface area contributed by atoms with Gasteiger partial charge in [-0.25, -0.2) is 14.4 Å². The van der Waals surface area contributed by atoms with Crippen LogP contribution in [0.5, 0.6) is 0 Å². The lowest BCUT2D eigenvalue weighted by Crippen LogP contribution is -2.15. The maximum Gasteiger partial charge on any atom is 0.260 e. The molecule has 0 atom stereocenters. The lowest BCUT2D eigenvalue weighted by molar-refractivity contribution is 0.102. The SMILES string of the molecule is O=C(Nc1cc(Cl)ncn1)c1c(F)cccc1Br. The van der Waals surface area contributed by atoms with Crippen molar-refractivity contribution in [3.63, 3.8) is 0 Å². The van der Waals surface area contributed by atoms with Crippen LogP contribution in [0, 0.1) is 5.82 Å². The standard InChI is InChI=1S/C11H6BrClFN3O/c12-6-2-1-3-7(14)10(6)11(18)17-9-4-8(13)15-5-16-9/h1-5H,(H,15,16,17,18). The van der Waals surface area contributed by atoms with Crippen LogP contribution >= 0.6 is 27.5 Å². The molecule has 0 aliphatic rings. The van der Waals surface area contributed by atoms with Crippen LogP contribution in [0.15, 0.2) is 35.1 Å². The van der Waals surface area contributed by atoms with Crippen LogP contribution in [-0.4, -0.2) is 15.9 Å². The highest BCUT2D eigenvalue weighted by molar-refractivity contribution is 9.10. The quantitative estimate of drug-likeness (QED) is 0.860. The number of nitrogens with zero attached hydrogens (tertiary/aromatic N) is 2. The Balaban J connectivity index is 2.28. The minimum Gasteiger partial charge on any atom is -0.306 e. The number of rotatable bonds is 2. The highest BCUT2D eigenvalue weighted by Gasteiger charge is 2.15. The van der Waals surface area contributed by atoms with E-state index in [1.807, 2.05) is 0 Å². The van der Waals surface area contributed by atoms with Gasteiger partial charge in [0.2, 0.25) is 0 Å². The van der Waals surface area contributed by atoms with Crippen LogP contribution in [0.25, 0.3) is 0 Å². The topological polar surface area (TPSA) is 54.9 Å². The summed E-state index contributed by atoms with van der Waals surface area (Å²) in [5.41, 5.74) is -0.0905. The van der Waals surface area contributed by atoms with Crippen molar-refractivity contribution in [2.75, 3.05) is 5.32 Å². The van der Waals surface area contributed by atoms with Gasteiger partial charge in [0.05, 0.1) is 5.56 Å². The minimum absolute atomic E-state index is 0.0905. The summed E-state index contributed by atoms with van der Waals surface area (Å²) in [5, 5.41) is 2.62. The van der Waals surface area contributed by atoms with Crippen molar-refractivity contribution in [2.45, 2.75) is 0 Å². The number of nitrogens with one attached hydrogen (secondary N) is 1. The molecule has 1 heterocycles. The molecule has 7 heteroatoms. The number of benzene rings is 1. The molecule has 2 aromatic rings. The van der Waals surface area contributed by atoms with Crippen LogP contribution in [0.1, 0.15) is 10.4 Å². The molecule has 18 heavy (non-hydrogen) atoms. The van der Waals surface area contributed by atoms with Gasteiger partial charge < -0.3 is 5.32 Å². The fourth-order valence-electron chi connectivity index (χ4n) is 1.30. The fraction of sp³-hybridized carbons (Fsp3) is 0. The predicted octanol–water partition coefficient (Wildman–Crippen LogP) is 3.28. The molecule has 0 bridgehead atoms. The van der Waals surface area contributed by atoms with Crippen molar-refractivity contribution in [2.24, 2.45) is 0 Å². The minimum atomic E-state index is -0.623. The van der Waals surface area contributed by atoms with Gasteiger partial charge in [-0.3, -0.25) is 4.79 Å². The Morgan fingerprint density at radius 3 is 2.83 bits per heavy atom. The normalized spacial score (nSPS) is 10.2. The van der Waals surface area contributed by atoms with Crippen LogP contribution in [-0.2, 0) is 0 Å². The Bertz CT molecular complexity index is 588. The summed E-state index contributed by atoms with van der Waals surface area (Å²) in [4.78, 5) is 19.4. The van der Waals surface area contributed by atoms with Gasteiger partial charge in [-0.15, -0.1) is 0 Å². The van der Waals surface area contributed by atoms with E-state index in [2.05, 4.69) is 31.2 Å². The first-order valence-corrected chi connectivity index (χ1v) is 5.98. The van der Waals surface area contributed by atoms with Crippen molar-refractivity contribution in [1.29, 1.82) is 0 Å². The average molecular weight is 331 g/mol. The van der Waals surface area contributed by atoms with E-state index in [-0.39, 0.29) is 16.5 Å². The van der Waals surface area contributed by atoms with E-state index in [1.54, 1.807) is 6.07 Å². The number of hydrogen-bond acceptors (Lipinski definition) is 3. The highest BCUT2D eigenvalue weighted by Crippen LogP contribution is 2.21. The average Bonchev–Trinajstić information content (AvgIpc) is 2.28. The molecule has 2 rings (SSSR count). The number of anilines is 1. The van der Waals surface area contributed by atoms with E-state index in [1.165, 1.54) is 24.5 Å². The summed E-state index contributed by atoms with van der Waals surface area (Å²) in [5.74, 6) is -1.04. The molecule has 0 radical (unpaired) electrons. The van der Waals surface area contributed by atoms with Crippen LogP contribution in [0.2, 0.25) is 5.15 Å². The Labute approximate surface area is 115 Å². The van der Waals surface area contributed by atoms with Crippen molar-refractivity contribution >= 4 is 39.3 Å². The molecule has 0 aliphatic carbocycles. The maximum atomic E-state index is 13.5. The summed E-state index contributed by atoms with van der Waals surface area (Å²) in [6.07, 6.45) is 1.20. The number of hydrogen-bond donors (Lipinski definition) is 1. The monoisotopic (exact) mass is 329 g/mol. The molecule has 0 saturated heterocycles. The number of aromatic nitrogens is 2. The second kappa shape index (κ2) is 5.41. The van der Waals surface area contributed by atoms with Crippen LogP contribution < -0.4 is 5.32 Å². The molecule has 0 saturated carbocycles. The number of carbonyl (C=O) groups is 1. The molecule has 0 fully saturated rings. The van der Waals surface area contributed by atoms with Gasteiger partial charge in [0.25, 0.3) is 5.91 Å². The summed E-state index contributed by atoms with van der Waals surface area (Å²) in [7, 11) is 0. The second-order valence-electron chi connectivity index (χ2n) is 3.28. The first-order valence-electron chi connectivity index (χ1n) is 4.81. The molecule has 1 N–H and O–H groups in total. The number of halogens is 3. The van der Waals surface area contributed by atoms with Gasteiger partial charge in [-0.05, 0) is 28.1 Å². The molecule has 1 amide bonds. The van der Waals surface area contributed by atoms with Gasteiger partial charge in [0.15, 0.2) is 0 Å². The third-order valence-corrected chi connectivity index (χ3v) is 2.93. The van der Waals surface area contributed by atoms with Crippen molar-refractivity contribution in [1.82, 2.24) is 9.97 Å².